The van der Waals surface area contributed by atoms with Gasteiger partial charge in [-0.15, -0.1) is 0 Å². The molecule has 0 saturated heterocycles. The molecule has 0 fully saturated rings. The molecule has 0 bridgehead atoms. The third-order valence-corrected chi connectivity index (χ3v) is 4.31. The predicted molar refractivity (Wildman–Crippen MR) is 54.8 cm³/mol. The topological polar surface area (TPSA) is 91.7 Å². The maximum Gasteiger partial charge on any atom is 0.376 e. The van der Waals surface area contributed by atoms with Crippen LogP contribution in [0.2, 0.25) is 0 Å². The lowest BCUT2D eigenvalue weighted by atomic mass is 10.4. The molecule has 1 aromatic rings. The lowest BCUT2D eigenvalue weighted by molar-refractivity contribution is -0.134. The molecule has 15 heavy (non-hydrogen) atoms. The Hall–Kier alpha value is -1.69. The van der Waals surface area contributed by atoms with Crippen LogP contribution in [0.15, 0.2) is 35.2 Å². The third-order valence-electron chi connectivity index (χ3n) is 1.84. The molecule has 0 aliphatic heterocycles. The van der Waals surface area contributed by atoms with Crippen molar-refractivity contribution in [2.75, 3.05) is 5.75 Å². The van der Waals surface area contributed by atoms with Gasteiger partial charge in [-0.3, -0.25) is 9.00 Å². The number of benzene rings is 1. The van der Waals surface area contributed by atoms with E-state index in [0.29, 0.717) is 0 Å². The van der Waals surface area contributed by atoms with Gasteiger partial charge in [-0.25, -0.2) is 4.79 Å². The van der Waals surface area contributed by atoms with Crippen molar-refractivity contribution < 1.29 is 24.0 Å². The summed E-state index contributed by atoms with van der Waals surface area (Å²) in [5.41, 5.74) is 0. The Labute approximate surface area is 86.8 Å². The molecule has 2 N–H and O–H groups in total. The molecule has 82 valence electrons. The van der Waals surface area contributed by atoms with Gasteiger partial charge in [0.25, 0.3) is 0 Å². The Morgan fingerprint density at radius 3 is 2.07 bits per heavy atom. The lowest BCUT2D eigenvalue weighted by Crippen LogP contribution is -2.30. The van der Waals surface area contributed by atoms with Crippen LogP contribution < -0.4 is 0 Å². The minimum Gasteiger partial charge on any atom is -0.481 e. The van der Waals surface area contributed by atoms with Crippen molar-refractivity contribution in [2.45, 2.75) is 4.90 Å². The minimum atomic E-state index is -3.88. The van der Waals surface area contributed by atoms with E-state index in [0.717, 1.165) is 0 Å². The quantitative estimate of drug-likeness (QED) is 0.669. The highest BCUT2D eigenvalue weighted by molar-refractivity contribution is 8.16. The Balaban J connectivity index is 3.19. The molecule has 1 rings (SSSR count). The van der Waals surface area contributed by atoms with Gasteiger partial charge in [0.15, 0.2) is 0 Å². The molecule has 0 saturated carbocycles. The highest BCUT2D eigenvalue weighted by atomic mass is 32.2. The summed E-state index contributed by atoms with van der Waals surface area (Å²) in [6.45, 7) is 0. The zero-order chi connectivity index (χ0) is 11.5. The molecule has 0 radical (unpaired) electrons. The fourth-order valence-electron chi connectivity index (χ4n) is 1.13. The highest BCUT2D eigenvalue weighted by Gasteiger charge is 2.29. The molecule has 0 aliphatic carbocycles. The summed E-state index contributed by atoms with van der Waals surface area (Å²) in [6.07, 6.45) is 0. The Morgan fingerprint density at radius 2 is 1.67 bits per heavy atom. The van der Waals surface area contributed by atoms with E-state index in [1.807, 2.05) is 0 Å². The molecule has 1 aromatic carbocycles. The van der Waals surface area contributed by atoms with E-state index in [9.17, 15) is 13.8 Å². The van der Waals surface area contributed by atoms with Crippen LogP contribution in [0.1, 0.15) is 0 Å². The van der Waals surface area contributed by atoms with Crippen LogP contribution in [0.25, 0.3) is 0 Å². The van der Waals surface area contributed by atoms with Gasteiger partial charge in [-0.1, -0.05) is 18.2 Å². The number of carboxylic acid groups (broad SMARTS) is 2. The third kappa shape index (κ3) is 2.41. The molecular weight excluding hydrogens is 220 g/mol. The maximum absolute atomic E-state index is 11.9. The minimum absolute atomic E-state index is 0.0555. The van der Waals surface area contributed by atoms with Crippen molar-refractivity contribution in [2.24, 2.45) is 0 Å². The second-order valence-corrected chi connectivity index (χ2v) is 5.60. The van der Waals surface area contributed by atoms with Crippen molar-refractivity contribution in [3.63, 3.8) is 0 Å². The van der Waals surface area contributed by atoms with Gasteiger partial charge in [-0.05, 0) is 12.1 Å². The molecule has 0 aliphatic rings. The van der Waals surface area contributed by atoms with Crippen molar-refractivity contribution in [1.82, 2.24) is 0 Å². The summed E-state index contributed by atoms with van der Waals surface area (Å²) in [7, 11) is -3.88. The second kappa shape index (κ2) is 4.22. The monoisotopic (exact) mass is 230 g/mol. The van der Waals surface area contributed by atoms with Gasteiger partial charge in [-0.2, -0.15) is 0 Å². The van der Waals surface area contributed by atoms with E-state index in [1.165, 1.54) is 24.3 Å². The first-order valence-corrected chi connectivity index (χ1v) is 5.96. The van der Waals surface area contributed by atoms with Crippen molar-refractivity contribution in [3.05, 3.63) is 30.3 Å². The van der Waals surface area contributed by atoms with E-state index in [1.54, 1.807) is 6.07 Å². The van der Waals surface area contributed by atoms with Gasteiger partial charge >= 0.3 is 11.3 Å². The Bertz CT molecular complexity index is 425. The molecule has 0 amide bonds. The van der Waals surface area contributed by atoms with Gasteiger partial charge < -0.3 is 10.2 Å². The molecule has 6 heteroatoms. The van der Waals surface area contributed by atoms with Crippen molar-refractivity contribution in [3.8, 4) is 0 Å². The highest BCUT2D eigenvalue weighted by Crippen LogP contribution is 2.19. The van der Waals surface area contributed by atoms with E-state index >= 15 is 0 Å². The van der Waals surface area contributed by atoms with Crippen LogP contribution in [0, 0.1) is 0 Å². The van der Waals surface area contributed by atoms with Crippen molar-refractivity contribution >= 4 is 21.2 Å². The van der Waals surface area contributed by atoms with E-state index in [4.69, 9.17) is 10.2 Å². The SMILES string of the molecule is O=C(O)C[SH](=O)(C(=O)O)c1ccccc1. The summed E-state index contributed by atoms with van der Waals surface area (Å²) in [5.74, 6) is -2.25. The fraction of sp³-hybridized carbons (Fsp3) is 0.111. The zero-order valence-electron chi connectivity index (χ0n) is 7.66. The molecule has 0 spiro atoms. The average Bonchev–Trinajstić information content (AvgIpc) is 2.17. The lowest BCUT2D eigenvalue weighted by Gasteiger charge is -2.16. The van der Waals surface area contributed by atoms with Gasteiger partial charge in [0.05, 0.1) is 0 Å². The number of hydrogen-bond acceptors (Lipinski definition) is 3. The van der Waals surface area contributed by atoms with E-state index in [-0.39, 0.29) is 4.90 Å². The summed E-state index contributed by atoms with van der Waals surface area (Å²) >= 11 is 0. The number of hydrogen-bond donors (Lipinski definition) is 3. The van der Waals surface area contributed by atoms with Gasteiger partial charge in [0.1, 0.15) is 5.75 Å². The molecule has 0 atom stereocenters. The van der Waals surface area contributed by atoms with E-state index < -0.39 is 27.0 Å². The number of carboxylic acids is 1. The van der Waals surface area contributed by atoms with Gasteiger partial charge in [0, 0.05) is 14.8 Å². The molecule has 0 unspecified atom stereocenters. The van der Waals surface area contributed by atoms with Gasteiger partial charge in [0.2, 0.25) is 0 Å². The largest absolute Gasteiger partial charge is 0.481 e. The summed E-state index contributed by atoms with van der Waals surface area (Å²) in [6, 6.07) is 7.39. The Kier molecular flexibility index (Phi) is 3.21. The van der Waals surface area contributed by atoms with Crippen molar-refractivity contribution in [1.29, 1.82) is 0 Å². The number of thiol groups is 1. The predicted octanol–water partition coefficient (Wildman–Crippen LogP) is 0.825. The van der Waals surface area contributed by atoms with Crippen LogP contribution >= 0.6 is 0 Å². The first-order valence-electron chi connectivity index (χ1n) is 4.07. The molecule has 0 heterocycles. The number of carbonyl (C=O) groups is 2. The smallest absolute Gasteiger partial charge is 0.376 e. The van der Waals surface area contributed by atoms with Crippen LogP contribution in [-0.4, -0.2) is 31.4 Å². The molecule has 0 aromatic heterocycles. The standard InChI is InChI=1S/C9H10O5S/c10-8(11)6-15(14,9(12)13)7-4-2-1-3-5-7/h1-5,15H,6H2,(H,10,11)(H,12,13). The summed E-state index contributed by atoms with van der Waals surface area (Å²) in [4.78, 5) is 21.3. The fourth-order valence-corrected chi connectivity index (χ4v) is 2.70. The zero-order valence-corrected chi connectivity index (χ0v) is 8.55. The number of aliphatic carboxylic acids is 1. The van der Waals surface area contributed by atoms with Crippen LogP contribution in [0.3, 0.4) is 0 Å². The second-order valence-electron chi connectivity index (χ2n) is 2.91. The normalized spacial score (nSPS) is 12.0. The average molecular weight is 230 g/mol. The first kappa shape index (κ1) is 11.4. The molecular formula is C9H10O5S. The maximum atomic E-state index is 11.9. The van der Waals surface area contributed by atoms with Crippen LogP contribution in [0.4, 0.5) is 4.79 Å². The van der Waals surface area contributed by atoms with Crippen LogP contribution in [0.5, 0.6) is 0 Å². The number of rotatable bonds is 3. The summed E-state index contributed by atoms with van der Waals surface area (Å²) in [5, 5.41) is 15.8. The summed E-state index contributed by atoms with van der Waals surface area (Å²) < 4.78 is 11.9. The molecule has 5 nitrogen and oxygen atoms in total. The van der Waals surface area contributed by atoms with E-state index in [2.05, 4.69) is 0 Å². The first-order chi connectivity index (χ1) is 6.97. The van der Waals surface area contributed by atoms with Crippen LogP contribution in [-0.2, 0) is 14.7 Å². The Morgan fingerprint density at radius 1 is 1.13 bits per heavy atom.